The van der Waals surface area contributed by atoms with Gasteiger partial charge in [-0.25, -0.2) is 4.57 Å². The van der Waals surface area contributed by atoms with Crippen molar-refractivity contribution in [2.24, 2.45) is 0 Å². The van der Waals surface area contributed by atoms with E-state index < -0.39 is 32.5 Å². The van der Waals surface area contributed by atoms with Crippen molar-refractivity contribution in [1.82, 2.24) is 0 Å². The number of carbonyl (C=O) groups is 2. The summed E-state index contributed by atoms with van der Waals surface area (Å²) in [6.45, 7) is 3.66. The number of hydrogen-bond acceptors (Lipinski definition) is 6. The molecule has 0 aromatic rings. The third-order valence-corrected chi connectivity index (χ3v) is 9.64. The van der Waals surface area contributed by atoms with E-state index in [4.69, 9.17) is 19.3 Å². The maximum absolute atomic E-state index is 12.4. The van der Waals surface area contributed by atoms with Crippen LogP contribution < -0.4 is 0 Å². The number of carbonyl (C=O) groups excluding carboxylic acids is 2. The molecule has 0 saturated heterocycles. The number of phosphoric acid groups is 1. The van der Waals surface area contributed by atoms with Gasteiger partial charge in [0.2, 0.25) is 0 Å². The first-order valence-electron chi connectivity index (χ1n) is 21.3. The van der Waals surface area contributed by atoms with Crippen LogP contribution in [-0.2, 0) is 28.2 Å². The van der Waals surface area contributed by atoms with Gasteiger partial charge in [0.1, 0.15) is 6.61 Å². The molecule has 0 aliphatic heterocycles. The lowest BCUT2D eigenvalue weighted by atomic mass is 10.1. The summed E-state index contributed by atoms with van der Waals surface area (Å²) in [6, 6.07) is 0. The largest absolute Gasteiger partial charge is 0.469 e. The van der Waals surface area contributed by atoms with E-state index in [0.29, 0.717) is 12.8 Å². The van der Waals surface area contributed by atoms with E-state index in [0.717, 1.165) is 57.8 Å². The van der Waals surface area contributed by atoms with E-state index in [1.807, 2.05) is 0 Å². The zero-order valence-corrected chi connectivity index (χ0v) is 34.4. The average molecular weight is 755 g/mol. The molecule has 0 rings (SSSR count). The molecule has 2 N–H and O–H groups in total. The Hall–Kier alpha value is -1.73. The number of hydrogen-bond donors (Lipinski definition) is 2. The molecule has 0 aliphatic rings. The standard InChI is InChI=1S/C43H79O8P/c1-3-5-7-9-11-13-15-17-19-20-21-22-24-26-28-30-32-34-36-38-43(45)51-41(40-50-52(46,47)48)39-49-42(44)37-35-33-31-29-27-25-23-18-16-14-12-10-8-6-4-2/h14,16-19,23,41H,3-13,15,20-22,24-40H2,1-2H3,(H2,46,47,48)/b16-14+,19-17+,23-18+/t41-/m1/s1. The highest BCUT2D eigenvalue weighted by molar-refractivity contribution is 7.46. The summed E-state index contributed by atoms with van der Waals surface area (Å²) in [4.78, 5) is 42.8. The zero-order valence-electron chi connectivity index (χ0n) is 33.5. The second kappa shape index (κ2) is 39.0. The molecule has 0 spiro atoms. The van der Waals surface area contributed by atoms with Gasteiger partial charge in [0.05, 0.1) is 6.61 Å². The quantitative estimate of drug-likeness (QED) is 0.0209. The van der Waals surface area contributed by atoms with Crippen LogP contribution in [0.5, 0.6) is 0 Å². The van der Waals surface area contributed by atoms with Gasteiger partial charge >= 0.3 is 19.8 Å². The first kappa shape index (κ1) is 50.3. The smallest absolute Gasteiger partial charge is 0.462 e. The summed E-state index contributed by atoms with van der Waals surface area (Å²) < 4.78 is 26.4. The molecule has 304 valence electrons. The molecular weight excluding hydrogens is 675 g/mol. The number of rotatable bonds is 39. The van der Waals surface area contributed by atoms with Crippen LogP contribution in [0.4, 0.5) is 0 Å². The lowest BCUT2D eigenvalue weighted by Gasteiger charge is -2.18. The van der Waals surface area contributed by atoms with Gasteiger partial charge in [-0.3, -0.25) is 14.1 Å². The average Bonchev–Trinajstić information content (AvgIpc) is 3.11. The highest BCUT2D eigenvalue weighted by atomic mass is 31.2. The molecule has 0 aliphatic carbocycles. The maximum atomic E-state index is 12.4. The summed E-state index contributed by atoms with van der Waals surface area (Å²) in [5, 5.41) is 0. The van der Waals surface area contributed by atoms with E-state index in [1.165, 1.54) is 109 Å². The van der Waals surface area contributed by atoms with Crippen LogP contribution in [0.1, 0.15) is 206 Å². The van der Waals surface area contributed by atoms with Crippen LogP contribution in [0.2, 0.25) is 0 Å². The summed E-state index contributed by atoms with van der Waals surface area (Å²) in [7, 11) is -4.76. The molecule has 0 saturated carbocycles. The van der Waals surface area contributed by atoms with Gasteiger partial charge < -0.3 is 19.3 Å². The number of ether oxygens (including phenoxy) is 2. The van der Waals surface area contributed by atoms with Gasteiger partial charge in [0.15, 0.2) is 6.10 Å². The molecule has 52 heavy (non-hydrogen) atoms. The van der Waals surface area contributed by atoms with Crippen LogP contribution in [-0.4, -0.2) is 41.0 Å². The molecule has 0 fully saturated rings. The van der Waals surface area contributed by atoms with Crippen molar-refractivity contribution in [2.45, 2.75) is 213 Å². The van der Waals surface area contributed by atoms with Crippen LogP contribution in [0.3, 0.4) is 0 Å². The van der Waals surface area contributed by atoms with E-state index in [1.54, 1.807) is 0 Å². The van der Waals surface area contributed by atoms with Gasteiger partial charge in [0, 0.05) is 12.8 Å². The van der Waals surface area contributed by atoms with E-state index in [-0.39, 0.29) is 19.4 Å². The van der Waals surface area contributed by atoms with Crippen LogP contribution >= 0.6 is 7.82 Å². The number of phosphoric ester groups is 1. The van der Waals surface area contributed by atoms with Crippen molar-refractivity contribution in [3.63, 3.8) is 0 Å². The first-order valence-corrected chi connectivity index (χ1v) is 22.8. The molecular formula is C43H79O8P. The van der Waals surface area contributed by atoms with Crippen molar-refractivity contribution >= 4 is 19.8 Å². The third kappa shape index (κ3) is 41.0. The lowest BCUT2D eigenvalue weighted by molar-refractivity contribution is -0.161. The SMILES string of the molecule is CCCCCC/C=C/C=C/CCCCCCCC(=O)OC[C@H](COP(=O)(O)O)OC(=O)CCCCCCCCCCC/C=C/CCCCCCCC. The summed E-state index contributed by atoms with van der Waals surface area (Å²) in [5.41, 5.74) is 0. The van der Waals surface area contributed by atoms with Crippen molar-refractivity contribution in [3.05, 3.63) is 36.5 Å². The maximum Gasteiger partial charge on any atom is 0.469 e. The predicted molar refractivity (Wildman–Crippen MR) is 216 cm³/mol. The molecule has 0 aromatic carbocycles. The Morgan fingerprint density at radius 3 is 1.31 bits per heavy atom. The topological polar surface area (TPSA) is 119 Å². The summed E-state index contributed by atoms with van der Waals surface area (Å²) in [5.74, 6) is -0.901. The Labute approximate surface area is 319 Å². The Morgan fingerprint density at radius 1 is 0.500 bits per heavy atom. The fraction of sp³-hybridized carbons (Fsp3) is 0.814. The van der Waals surface area contributed by atoms with Crippen LogP contribution in [0.25, 0.3) is 0 Å². The Morgan fingerprint density at radius 2 is 0.865 bits per heavy atom. The fourth-order valence-electron chi connectivity index (χ4n) is 5.95. The highest BCUT2D eigenvalue weighted by Gasteiger charge is 2.22. The van der Waals surface area contributed by atoms with Crippen LogP contribution in [0, 0.1) is 0 Å². The number of unbranched alkanes of at least 4 members (excludes halogenated alkanes) is 24. The molecule has 0 bridgehead atoms. The first-order chi connectivity index (χ1) is 25.3. The zero-order chi connectivity index (χ0) is 38.2. The Balaban J connectivity index is 3.92. The fourth-order valence-corrected chi connectivity index (χ4v) is 6.31. The highest BCUT2D eigenvalue weighted by Crippen LogP contribution is 2.36. The third-order valence-electron chi connectivity index (χ3n) is 9.16. The molecule has 1 atom stereocenters. The predicted octanol–water partition coefficient (Wildman–Crippen LogP) is 13.0. The van der Waals surface area contributed by atoms with Crippen molar-refractivity contribution in [1.29, 1.82) is 0 Å². The molecule has 8 nitrogen and oxygen atoms in total. The normalized spacial score (nSPS) is 12.8. The van der Waals surface area contributed by atoms with Gasteiger partial charge in [-0.05, 0) is 64.2 Å². The van der Waals surface area contributed by atoms with Crippen molar-refractivity contribution in [2.75, 3.05) is 13.2 Å². The van der Waals surface area contributed by atoms with E-state index in [2.05, 4.69) is 54.8 Å². The minimum atomic E-state index is -4.76. The second-order valence-corrected chi connectivity index (χ2v) is 15.6. The van der Waals surface area contributed by atoms with Gasteiger partial charge in [-0.15, -0.1) is 0 Å². The Kier molecular flexibility index (Phi) is 37.7. The number of esters is 2. The summed E-state index contributed by atoms with van der Waals surface area (Å²) >= 11 is 0. The van der Waals surface area contributed by atoms with Gasteiger partial charge in [0.25, 0.3) is 0 Å². The second-order valence-electron chi connectivity index (χ2n) is 14.3. The molecule has 0 unspecified atom stereocenters. The Bertz CT molecular complexity index is 941. The summed E-state index contributed by atoms with van der Waals surface area (Å²) in [6.07, 6.45) is 45.8. The minimum absolute atomic E-state index is 0.207. The lowest BCUT2D eigenvalue weighted by Crippen LogP contribution is -2.29. The van der Waals surface area contributed by atoms with Crippen LogP contribution in [0.15, 0.2) is 36.5 Å². The van der Waals surface area contributed by atoms with E-state index in [9.17, 15) is 14.2 Å². The molecule has 0 aromatic heterocycles. The van der Waals surface area contributed by atoms with Gasteiger partial charge in [-0.1, -0.05) is 166 Å². The molecule has 0 amide bonds. The molecule has 9 heteroatoms. The monoisotopic (exact) mass is 755 g/mol. The van der Waals surface area contributed by atoms with Crippen molar-refractivity contribution in [3.8, 4) is 0 Å². The molecule has 0 radical (unpaired) electrons. The number of allylic oxidation sites excluding steroid dienone is 6. The van der Waals surface area contributed by atoms with E-state index >= 15 is 0 Å². The minimum Gasteiger partial charge on any atom is -0.462 e. The van der Waals surface area contributed by atoms with Gasteiger partial charge in [-0.2, -0.15) is 0 Å². The molecule has 0 heterocycles. The van der Waals surface area contributed by atoms with Crippen molar-refractivity contribution < 1.29 is 37.9 Å².